The summed E-state index contributed by atoms with van der Waals surface area (Å²) in [4.78, 5) is 39.3. The fourth-order valence-corrected chi connectivity index (χ4v) is 4.11. The lowest BCUT2D eigenvalue weighted by Gasteiger charge is -2.25. The Kier molecular flexibility index (Phi) is 11.0. The van der Waals surface area contributed by atoms with Gasteiger partial charge in [0.25, 0.3) is 0 Å². The number of benzene rings is 1. The second kappa shape index (κ2) is 12.5. The summed E-state index contributed by atoms with van der Waals surface area (Å²) in [7, 11) is 0. The molecule has 33 heavy (non-hydrogen) atoms. The molecule has 2 amide bonds. The van der Waals surface area contributed by atoms with Crippen molar-refractivity contribution in [2.45, 2.75) is 45.2 Å². The first kappa shape index (κ1) is 29.1. The number of carbonyl (C=O) groups excluding carboxylic acids is 3. The average molecular weight is 521 g/mol. The summed E-state index contributed by atoms with van der Waals surface area (Å²) < 4.78 is 27.5. The number of halogens is 3. The van der Waals surface area contributed by atoms with Crippen molar-refractivity contribution in [2.24, 2.45) is 16.1 Å². The summed E-state index contributed by atoms with van der Waals surface area (Å²) in [5, 5.41) is 9.83. The summed E-state index contributed by atoms with van der Waals surface area (Å²) in [5.41, 5.74) is 0.613. The topological polar surface area (TPSA) is 91.2 Å². The lowest BCUT2D eigenvalue weighted by atomic mass is 9.92. The van der Waals surface area contributed by atoms with Gasteiger partial charge in [-0.3, -0.25) is 14.4 Å². The first-order valence-corrected chi connectivity index (χ1v) is 10.5. The van der Waals surface area contributed by atoms with Crippen LogP contribution in [0, 0.1) is 17.6 Å². The highest BCUT2D eigenvalue weighted by molar-refractivity contribution is 7.59. The van der Waals surface area contributed by atoms with Crippen molar-refractivity contribution in [1.29, 1.82) is 0 Å². The molecule has 0 bridgehead atoms. The Bertz CT molecular complexity index is 977. The molecule has 0 radical (unpaired) electrons. The molecule has 12 heteroatoms. The Morgan fingerprint density at radius 1 is 1.27 bits per heavy atom. The maximum atomic E-state index is 14.1. The van der Waals surface area contributed by atoms with Gasteiger partial charge in [-0.05, 0) is 37.5 Å². The highest BCUT2D eigenvalue weighted by Gasteiger charge is 2.40. The van der Waals surface area contributed by atoms with Crippen molar-refractivity contribution < 1.29 is 23.2 Å². The number of azo groups is 1. The van der Waals surface area contributed by atoms with Crippen LogP contribution in [-0.4, -0.2) is 47.7 Å². The first-order valence-electron chi connectivity index (χ1n) is 10.1. The van der Waals surface area contributed by atoms with Crippen molar-refractivity contribution in [2.75, 3.05) is 13.1 Å². The van der Waals surface area contributed by atoms with Gasteiger partial charge in [0.15, 0.2) is 0 Å². The van der Waals surface area contributed by atoms with Crippen LogP contribution in [0.25, 0.3) is 0 Å². The number of nitrogens with one attached hydrogen (secondary N) is 1. The number of rotatable bonds is 6. The Morgan fingerprint density at radius 2 is 1.97 bits per heavy atom. The molecule has 1 unspecified atom stereocenters. The van der Waals surface area contributed by atoms with Gasteiger partial charge < -0.3 is 10.2 Å². The highest BCUT2D eigenvalue weighted by atomic mass is 35.5. The number of nitrogens with zero attached hydrogens (tertiary/aromatic N) is 3. The van der Waals surface area contributed by atoms with Crippen LogP contribution >= 0.6 is 38.6 Å². The average Bonchev–Trinajstić information content (AvgIpc) is 3.41. The molecule has 0 aliphatic carbocycles. The Labute approximate surface area is 209 Å². The second-order valence-corrected chi connectivity index (χ2v) is 7.98. The van der Waals surface area contributed by atoms with E-state index in [0.717, 1.165) is 6.07 Å². The minimum absolute atomic E-state index is 0. The number of amides is 2. The Hall–Kier alpha value is -1.98. The van der Waals surface area contributed by atoms with Crippen LogP contribution in [-0.2, 0) is 20.8 Å². The monoisotopic (exact) mass is 520 g/mol. The zero-order chi connectivity index (χ0) is 22.7. The van der Waals surface area contributed by atoms with Crippen LogP contribution in [0.2, 0.25) is 5.02 Å². The van der Waals surface area contributed by atoms with Crippen molar-refractivity contribution >= 4 is 56.2 Å². The van der Waals surface area contributed by atoms with Crippen LogP contribution in [0.1, 0.15) is 32.3 Å². The maximum Gasteiger partial charge on any atom is 0.312 e. The van der Waals surface area contributed by atoms with Gasteiger partial charge >= 0.3 is 11.8 Å². The van der Waals surface area contributed by atoms with Crippen molar-refractivity contribution in [3.8, 4) is 0 Å². The number of carbonyl (C=O) groups is 3. The van der Waals surface area contributed by atoms with Gasteiger partial charge in [-0.1, -0.05) is 24.6 Å². The fourth-order valence-electron chi connectivity index (χ4n) is 3.92. The molecule has 0 saturated carbocycles. The van der Waals surface area contributed by atoms with Gasteiger partial charge in [0.1, 0.15) is 22.4 Å². The van der Waals surface area contributed by atoms with E-state index in [1.165, 1.54) is 11.0 Å². The second-order valence-electron chi connectivity index (χ2n) is 7.60. The third-order valence-electron chi connectivity index (χ3n) is 5.74. The van der Waals surface area contributed by atoms with E-state index in [1.807, 2.05) is 6.92 Å². The first-order chi connectivity index (χ1) is 14.7. The molecule has 7 nitrogen and oxygen atoms in total. The molecule has 1 aromatic rings. The number of likely N-dealkylation sites (tertiary alicyclic amines) is 1. The minimum atomic E-state index is -0.961. The number of hydrogen-bond donors (Lipinski definition) is 1. The van der Waals surface area contributed by atoms with Gasteiger partial charge in [-0.15, -0.1) is 0 Å². The van der Waals surface area contributed by atoms with E-state index in [9.17, 15) is 23.2 Å². The molecule has 2 heterocycles. The van der Waals surface area contributed by atoms with Crippen LogP contribution in [0.4, 0.5) is 8.78 Å². The van der Waals surface area contributed by atoms with E-state index in [0.29, 0.717) is 25.1 Å². The SMILES string of the molecule is CCC(NC(=O)C(=O)N1CC[C@H](C(=O)Cc2ccc(F)c(Cl)c2F)[C@@H]1C)C1=CCN=N1.S.S. The molecule has 3 rings (SSSR count). The smallest absolute Gasteiger partial charge is 0.312 e. The molecule has 1 saturated heterocycles. The molecule has 1 aromatic carbocycles. The molecule has 3 atom stereocenters. The minimum Gasteiger partial charge on any atom is -0.339 e. The molecule has 182 valence electrons. The fraction of sp³-hybridized carbons (Fsp3) is 0.476. The van der Waals surface area contributed by atoms with Crippen LogP contribution in [0.15, 0.2) is 34.1 Å². The largest absolute Gasteiger partial charge is 0.339 e. The summed E-state index contributed by atoms with van der Waals surface area (Å²) in [6.45, 7) is 4.22. The Balaban J connectivity index is 0.00000272. The van der Waals surface area contributed by atoms with Crippen molar-refractivity contribution in [3.63, 3.8) is 0 Å². The van der Waals surface area contributed by atoms with Crippen molar-refractivity contribution in [1.82, 2.24) is 10.2 Å². The van der Waals surface area contributed by atoms with Gasteiger partial charge in [0.2, 0.25) is 0 Å². The van der Waals surface area contributed by atoms with Crippen LogP contribution < -0.4 is 5.32 Å². The number of hydrogen-bond acceptors (Lipinski definition) is 5. The van der Waals surface area contributed by atoms with E-state index >= 15 is 0 Å². The zero-order valence-electron chi connectivity index (χ0n) is 18.2. The summed E-state index contributed by atoms with van der Waals surface area (Å²) in [5.74, 6) is -4.22. The third-order valence-corrected chi connectivity index (χ3v) is 6.09. The van der Waals surface area contributed by atoms with Gasteiger partial charge in [0.05, 0.1) is 18.3 Å². The van der Waals surface area contributed by atoms with E-state index in [2.05, 4.69) is 15.5 Å². The lowest BCUT2D eigenvalue weighted by molar-refractivity contribution is -0.147. The molecule has 1 N–H and O–H groups in total. The molecule has 1 fully saturated rings. The summed E-state index contributed by atoms with van der Waals surface area (Å²) in [6, 6.07) is 1.25. The summed E-state index contributed by atoms with van der Waals surface area (Å²) in [6.07, 6.45) is 2.41. The highest BCUT2D eigenvalue weighted by Crippen LogP contribution is 2.28. The van der Waals surface area contributed by atoms with E-state index in [4.69, 9.17) is 11.6 Å². The quantitative estimate of drug-likeness (QED) is 0.460. The molecule has 2 aliphatic rings. The normalized spacial score (nSPS) is 19.9. The van der Waals surface area contributed by atoms with Gasteiger partial charge in [-0.2, -0.15) is 37.2 Å². The molecular formula is C21H27ClF2N4O3S2. The van der Waals surface area contributed by atoms with E-state index in [-0.39, 0.29) is 51.3 Å². The van der Waals surface area contributed by atoms with Crippen LogP contribution in [0.5, 0.6) is 0 Å². The Morgan fingerprint density at radius 3 is 2.58 bits per heavy atom. The molecule has 0 spiro atoms. The molecule has 0 aromatic heterocycles. The maximum absolute atomic E-state index is 14.1. The standard InChI is InChI=1S/C21H23ClF2N4O3.2H2S/c1-3-15(16-6-8-25-27-16)26-20(30)21(31)28-9-7-13(11(28)2)17(29)10-12-4-5-14(23)18(22)19(12)24;;/h4-6,11,13,15H,3,7-10H2,1-2H3,(H,26,30);2*1H2/t11-,13-,15?;;/m0../s1. The predicted molar refractivity (Wildman–Crippen MR) is 130 cm³/mol. The molecular weight excluding hydrogens is 494 g/mol. The number of Topliss-reactive ketones (excluding diaryl/α,β-unsaturated/α-hetero) is 1. The van der Waals surface area contributed by atoms with Crippen molar-refractivity contribution in [3.05, 3.63) is 46.1 Å². The van der Waals surface area contributed by atoms with Gasteiger partial charge in [-0.25, -0.2) is 8.78 Å². The predicted octanol–water partition coefficient (Wildman–Crippen LogP) is 3.44. The van der Waals surface area contributed by atoms with E-state index in [1.54, 1.807) is 13.0 Å². The molecule has 2 aliphatic heterocycles. The van der Waals surface area contributed by atoms with E-state index < -0.39 is 46.5 Å². The summed E-state index contributed by atoms with van der Waals surface area (Å²) >= 11 is 5.58. The number of ketones is 1. The third kappa shape index (κ3) is 6.33. The zero-order valence-corrected chi connectivity index (χ0v) is 21.0. The lowest BCUT2D eigenvalue weighted by Crippen LogP contribution is -2.48. The van der Waals surface area contributed by atoms with Crippen LogP contribution in [0.3, 0.4) is 0 Å². The van der Waals surface area contributed by atoms with Gasteiger partial charge in [0, 0.05) is 24.9 Å².